The van der Waals surface area contributed by atoms with Crippen LogP contribution in [0.2, 0.25) is 0 Å². The Balaban J connectivity index is 2.21. The average molecular weight is 201 g/mol. The van der Waals surface area contributed by atoms with E-state index in [0.717, 1.165) is 32.5 Å². The summed E-state index contributed by atoms with van der Waals surface area (Å²) in [6.45, 7) is 8.80. The molecule has 0 aromatic heterocycles. The topological polar surface area (TPSA) is 43.7 Å². The van der Waals surface area contributed by atoms with Gasteiger partial charge in [-0.3, -0.25) is 0 Å². The Labute approximate surface area is 86.7 Å². The van der Waals surface area contributed by atoms with Crippen molar-refractivity contribution in [3.8, 4) is 0 Å². The highest BCUT2D eigenvalue weighted by Crippen LogP contribution is 2.22. The molecule has 0 saturated carbocycles. The third-order valence-electron chi connectivity index (χ3n) is 2.97. The smallest absolute Gasteiger partial charge is 0.0679 e. The van der Waals surface area contributed by atoms with Crippen LogP contribution in [0, 0.1) is 5.41 Å². The van der Waals surface area contributed by atoms with E-state index >= 15 is 0 Å². The van der Waals surface area contributed by atoms with Crippen molar-refractivity contribution in [2.45, 2.75) is 45.8 Å². The van der Waals surface area contributed by atoms with Crippen LogP contribution >= 0.6 is 0 Å². The second-order valence-electron chi connectivity index (χ2n) is 5.41. The van der Waals surface area contributed by atoms with Crippen LogP contribution in [0.4, 0.5) is 0 Å². The van der Waals surface area contributed by atoms with Gasteiger partial charge < -0.3 is 15.1 Å². The maximum Gasteiger partial charge on any atom is 0.0679 e. The van der Waals surface area contributed by atoms with E-state index in [1.165, 1.54) is 0 Å². The van der Waals surface area contributed by atoms with Crippen LogP contribution in [0.3, 0.4) is 0 Å². The SMILES string of the molecule is CC(C)(C)C(O)CCN1CCC(O)C1. The molecule has 0 bridgehead atoms. The van der Waals surface area contributed by atoms with Crippen molar-refractivity contribution in [2.75, 3.05) is 19.6 Å². The van der Waals surface area contributed by atoms with E-state index in [0.29, 0.717) is 0 Å². The van der Waals surface area contributed by atoms with Crippen molar-refractivity contribution >= 4 is 0 Å². The van der Waals surface area contributed by atoms with E-state index in [4.69, 9.17) is 0 Å². The van der Waals surface area contributed by atoms with Gasteiger partial charge in [-0.25, -0.2) is 0 Å². The molecule has 0 aliphatic carbocycles. The summed E-state index contributed by atoms with van der Waals surface area (Å²) < 4.78 is 0. The zero-order valence-corrected chi connectivity index (χ0v) is 9.53. The van der Waals surface area contributed by atoms with Crippen molar-refractivity contribution in [3.63, 3.8) is 0 Å². The summed E-state index contributed by atoms with van der Waals surface area (Å²) in [6, 6.07) is 0. The summed E-state index contributed by atoms with van der Waals surface area (Å²) in [5.74, 6) is 0. The Bertz CT molecular complexity index is 177. The van der Waals surface area contributed by atoms with Gasteiger partial charge in [0.1, 0.15) is 0 Å². The van der Waals surface area contributed by atoms with Crippen LogP contribution < -0.4 is 0 Å². The van der Waals surface area contributed by atoms with E-state index in [9.17, 15) is 10.2 Å². The second-order valence-corrected chi connectivity index (χ2v) is 5.41. The predicted molar refractivity (Wildman–Crippen MR) is 57.1 cm³/mol. The Morgan fingerprint density at radius 1 is 1.43 bits per heavy atom. The van der Waals surface area contributed by atoms with Crippen molar-refractivity contribution in [1.82, 2.24) is 4.90 Å². The Morgan fingerprint density at radius 2 is 2.07 bits per heavy atom. The summed E-state index contributed by atoms with van der Waals surface area (Å²) in [5, 5.41) is 19.1. The Hall–Kier alpha value is -0.120. The van der Waals surface area contributed by atoms with Gasteiger partial charge in [-0.05, 0) is 18.3 Å². The number of aliphatic hydroxyl groups excluding tert-OH is 2. The molecule has 1 aliphatic heterocycles. The Morgan fingerprint density at radius 3 is 2.50 bits per heavy atom. The summed E-state index contributed by atoms with van der Waals surface area (Å²) in [4.78, 5) is 2.22. The summed E-state index contributed by atoms with van der Waals surface area (Å²) >= 11 is 0. The van der Waals surface area contributed by atoms with Gasteiger partial charge in [0.15, 0.2) is 0 Å². The van der Waals surface area contributed by atoms with E-state index < -0.39 is 0 Å². The molecule has 3 heteroatoms. The second kappa shape index (κ2) is 4.60. The predicted octanol–water partition coefficient (Wildman–Crippen LogP) is 0.850. The standard InChI is InChI=1S/C11H23NO2/c1-11(2,3)10(14)5-7-12-6-4-9(13)8-12/h9-10,13-14H,4-8H2,1-3H3. The normalized spacial score (nSPS) is 26.8. The van der Waals surface area contributed by atoms with Crippen molar-refractivity contribution in [1.29, 1.82) is 0 Å². The van der Waals surface area contributed by atoms with Gasteiger partial charge in [-0.2, -0.15) is 0 Å². The first-order chi connectivity index (χ1) is 6.39. The number of hydrogen-bond donors (Lipinski definition) is 2. The number of likely N-dealkylation sites (tertiary alicyclic amines) is 1. The van der Waals surface area contributed by atoms with Gasteiger partial charge in [0, 0.05) is 19.6 Å². The summed E-state index contributed by atoms with van der Waals surface area (Å²) in [5.41, 5.74) is -0.0294. The van der Waals surface area contributed by atoms with E-state index in [2.05, 4.69) is 25.7 Å². The van der Waals surface area contributed by atoms with E-state index in [1.807, 2.05) is 0 Å². The fourth-order valence-corrected chi connectivity index (χ4v) is 1.75. The molecular formula is C11H23NO2. The third kappa shape index (κ3) is 3.56. The lowest BCUT2D eigenvalue weighted by Gasteiger charge is -2.27. The first kappa shape index (κ1) is 12.0. The third-order valence-corrected chi connectivity index (χ3v) is 2.97. The van der Waals surface area contributed by atoms with E-state index in [1.54, 1.807) is 0 Å². The first-order valence-electron chi connectivity index (χ1n) is 5.48. The quantitative estimate of drug-likeness (QED) is 0.711. The highest BCUT2D eigenvalue weighted by atomic mass is 16.3. The van der Waals surface area contributed by atoms with Crippen molar-refractivity contribution in [2.24, 2.45) is 5.41 Å². The average Bonchev–Trinajstić information content (AvgIpc) is 2.45. The minimum Gasteiger partial charge on any atom is -0.393 e. The molecule has 2 unspecified atom stereocenters. The molecule has 0 amide bonds. The highest BCUT2D eigenvalue weighted by molar-refractivity contribution is 4.78. The zero-order valence-electron chi connectivity index (χ0n) is 9.53. The van der Waals surface area contributed by atoms with Gasteiger partial charge >= 0.3 is 0 Å². The lowest BCUT2D eigenvalue weighted by Crippen LogP contribution is -2.32. The zero-order chi connectivity index (χ0) is 10.8. The molecule has 0 aromatic carbocycles. The van der Waals surface area contributed by atoms with Gasteiger partial charge in [-0.1, -0.05) is 20.8 Å². The molecule has 2 atom stereocenters. The van der Waals surface area contributed by atoms with Crippen LogP contribution in [0.15, 0.2) is 0 Å². The van der Waals surface area contributed by atoms with Crippen LogP contribution in [0.5, 0.6) is 0 Å². The molecular weight excluding hydrogens is 178 g/mol. The number of rotatable bonds is 3. The summed E-state index contributed by atoms with van der Waals surface area (Å²) in [6.07, 6.45) is 1.28. The molecule has 1 rings (SSSR count). The fourth-order valence-electron chi connectivity index (χ4n) is 1.75. The molecule has 0 radical (unpaired) electrons. The van der Waals surface area contributed by atoms with Crippen LogP contribution in [0.1, 0.15) is 33.6 Å². The summed E-state index contributed by atoms with van der Waals surface area (Å²) in [7, 11) is 0. The molecule has 84 valence electrons. The number of nitrogens with zero attached hydrogens (tertiary/aromatic N) is 1. The molecule has 1 aliphatic rings. The van der Waals surface area contributed by atoms with Gasteiger partial charge in [-0.15, -0.1) is 0 Å². The van der Waals surface area contributed by atoms with Gasteiger partial charge in [0.25, 0.3) is 0 Å². The molecule has 3 nitrogen and oxygen atoms in total. The lowest BCUT2D eigenvalue weighted by atomic mass is 9.87. The molecule has 1 fully saturated rings. The number of aliphatic hydroxyl groups is 2. The molecule has 14 heavy (non-hydrogen) atoms. The Kier molecular flexibility index (Phi) is 3.93. The van der Waals surface area contributed by atoms with Crippen molar-refractivity contribution < 1.29 is 10.2 Å². The van der Waals surface area contributed by atoms with Gasteiger partial charge in [0.05, 0.1) is 12.2 Å². The fraction of sp³-hybridized carbons (Fsp3) is 1.00. The van der Waals surface area contributed by atoms with Crippen molar-refractivity contribution in [3.05, 3.63) is 0 Å². The molecule has 2 N–H and O–H groups in total. The molecule has 1 saturated heterocycles. The monoisotopic (exact) mass is 201 g/mol. The maximum absolute atomic E-state index is 9.82. The number of hydrogen-bond acceptors (Lipinski definition) is 3. The van der Waals surface area contributed by atoms with Crippen LogP contribution in [-0.4, -0.2) is 47.0 Å². The van der Waals surface area contributed by atoms with Gasteiger partial charge in [0.2, 0.25) is 0 Å². The van der Waals surface area contributed by atoms with Crippen LogP contribution in [-0.2, 0) is 0 Å². The van der Waals surface area contributed by atoms with Crippen LogP contribution in [0.25, 0.3) is 0 Å². The molecule has 0 spiro atoms. The maximum atomic E-state index is 9.82. The van der Waals surface area contributed by atoms with E-state index in [-0.39, 0.29) is 17.6 Å². The largest absolute Gasteiger partial charge is 0.393 e. The molecule has 1 heterocycles. The molecule has 0 aromatic rings. The number of β-amino-alcohol motifs (C(OH)–C–C–N with tert-alkyl or cyclic N) is 1. The minimum absolute atomic E-state index is 0.0294. The minimum atomic E-state index is -0.250. The lowest BCUT2D eigenvalue weighted by molar-refractivity contribution is 0.0465. The highest BCUT2D eigenvalue weighted by Gasteiger charge is 2.25. The first-order valence-corrected chi connectivity index (χ1v) is 5.48.